The second-order valence-electron chi connectivity index (χ2n) is 6.74. The van der Waals surface area contributed by atoms with Gasteiger partial charge in [0.05, 0.1) is 0 Å². The van der Waals surface area contributed by atoms with Crippen LogP contribution < -0.4 is 10.6 Å². The second kappa shape index (κ2) is 7.57. The zero-order chi connectivity index (χ0) is 18.6. The molecule has 0 saturated heterocycles. The second-order valence-corrected chi connectivity index (χ2v) is 6.74. The summed E-state index contributed by atoms with van der Waals surface area (Å²) in [6.45, 7) is 3.10. The Labute approximate surface area is 157 Å². The van der Waals surface area contributed by atoms with Crippen LogP contribution in [0.4, 0.5) is 5.82 Å². The van der Waals surface area contributed by atoms with Crippen LogP contribution in [0.5, 0.6) is 0 Å². The molecule has 0 bridgehead atoms. The lowest BCUT2D eigenvalue weighted by molar-refractivity contribution is 0.0946. The Morgan fingerprint density at radius 1 is 1.15 bits per heavy atom. The van der Waals surface area contributed by atoms with Gasteiger partial charge in [0, 0.05) is 24.2 Å². The van der Waals surface area contributed by atoms with E-state index in [2.05, 4.69) is 26.0 Å². The van der Waals surface area contributed by atoms with Crippen molar-refractivity contribution in [3.8, 4) is 11.3 Å². The normalized spacial score (nSPS) is 13.4. The van der Waals surface area contributed by atoms with Crippen molar-refractivity contribution in [3.63, 3.8) is 0 Å². The number of aromatic nitrogens is 3. The zero-order valence-corrected chi connectivity index (χ0v) is 15.1. The molecule has 7 heteroatoms. The van der Waals surface area contributed by atoms with Crippen molar-refractivity contribution in [1.82, 2.24) is 20.7 Å². The number of benzene rings is 1. The Kier molecular flexibility index (Phi) is 4.82. The van der Waals surface area contributed by atoms with Crippen LogP contribution in [0, 0.1) is 12.8 Å². The number of anilines is 1. The van der Waals surface area contributed by atoms with E-state index in [-0.39, 0.29) is 5.91 Å². The van der Waals surface area contributed by atoms with Crippen LogP contribution in [-0.4, -0.2) is 27.8 Å². The lowest BCUT2D eigenvalue weighted by Gasteiger charge is -2.07. The summed E-state index contributed by atoms with van der Waals surface area (Å²) in [5.74, 6) is 1.80. The molecule has 1 aromatic carbocycles. The minimum Gasteiger partial charge on any atom is -0.364 e. The first-order valence-electron chi connectivity index (χ1n) is 9.07. The van der Waals surface area contributed by atoms with Crippen molar-refractivity contribution in [2.45, 2.75) is 26.3 Å². The van der Waals surface area contributed by atoms with Crippen LogP contribution >= 0.6 is 0 Å². The van der Waals surface area contributed by atoms with E-state index in [4.69, 9.17) is 4.52 Å². The molecular weight excluding hydrogens is 342 g/mol. The fourth-order valence-electron chi connectivity index (χ4n) is 2.80. The summed E-state index contributed by atoms with van der Waals surface area (Å²) in [5.41, 5.74) is 3.10. The smallest absolute Gasteiger partial charge is 0.271 e. The molecule has 138 valence electrons. The summed E-state index contributed by atoms with van der Waals surface area (Å²) in [4.78, 5) is 12.0. The molecule has 0 atom stereocenters. The zero-order valence-electron chi connectivity index (χ0n) is 15.1. The van der Waals surface area contributed by atoms with E-state index in [1.807, 2.05) is 37.3 Å². The van der Waals surface area contributed by atoms with Gasteiger partial charge in [0.25, 0.3) is 5.91 Å². The topological polar surface area (TPSA) is 92.9 Å². The van der Waals surface area contributed by atoms with E-state index in [9.17, 15) is 4.79 Å². The molecule has 2 heterocycles. The predicted octanol–water partition coefficient (Wildman–Crippen LogP) is 3.19. The molecule has 7 nitrogen and oxygen atoms in total. The van der Waals surface area contributed by atoms with Gasteiger partial charge in [-0.15, -0.1) is 10.2 Å². The van der Waals surface area contributed by atoms with Crippen LogP contribution in [0.1, 0.15) is 34.7 Å². The fraction of sp³-hybridized carbons (Fsp3) is 0.300. The molecule has 1 fully saturated rings. The third-order valence-corrected chi connectivity index (χ3v) is 4.62. The number of hydrogen-bond donors (Lipinski definition) is 2. The minimum absolute atomic E-state index is 0.179. The number of carbonyl (C=O) groups is 1. The highest BCUT2D eigenvalue weighted by Crippen LogP contribution is 2.27. The van der Waals surface area contributed by atoms with Gasteiger partial charge in [-0.25, -0.2) is 0 Å². The van der Waals surface area contributed by atoms with Gasteiger partial charge in [-0.2, -0.15) is 0 Å². The van der Waals surface area contributed by atoms with Gasteiger partial charge < -0.3 is 15.2 Å². The monoisotopic (exact) mass is 363 g/mol. The number of aryl methyl sites for hydroxylation is 1. The number of carbonyl (C=O) groups excluding carboxylic acids is 1. The van der Waals surface area contributed by atoms with Gasteiger partial charge in [0.1, 0.15) is 17.3 Å². The molecule has 0 spiro atoms. The predicted molar refractivity (Wildman–Crippen MR) is 101 cm³/mol. The Morgan fingerprint density at radius 2 is 1.96 bits per heavy atom. The minimum atomic E-state index is -0.179. The van der Waals surface area contributed by atoms with E-state index >= 15 is 0 Å². The standard InChI is InChI=1S/C20H21N5O2/c1-13-16(19(25-27-13)15-5-3-2-4-6-15)12-21-18-10-9-17(23-24-18)20(26)22-11-14-7-8-14/h2-6,9-10,14H,7-8,11-12H2,1H3,(H,21,24)(H,22,26). The maximum absolute atomic E-state index is 12.0. The van der Waals surface area contributed by atoms with Crippen molar-refractivity contribution in [1.29, 1.82) is 0 Å². The fourth-order valence-corrected chi connectivity index (χ4v) is 2.80. The average Bonchev–Trinajstić information content (AvgIpc) is 3.47. The molecule has 1 aliphatic rings. The molecule has 2 N–H and O–H groups in total. The van der Waals surface area contributed by atoms with Gasteiger partial charge in [0.15, 0.2) is 5.69 Å². The molecule has 1 amide bonds. The summed E-state index contributed by atoms with van der Waals surface area (Å²) in [6.07, 6.45) is 2.39. The van der Waals surface area contributed by atoms with Gasteiger partial charge in [0.2, 0.25) is 0 Å². The van der Waals surface area contributed by atoms with E-state index < -0.39 is 0 Å². The van der Waals surface area contributed by atoms with E-state index in [1.165, 1.54) is 12.8 Å². The van der Waals surface area contributed by atoms with Crippen LogP contribution in [0.15, 0.2) is 47.0 Å². The molecule has 2 aromatic heterocycles. The summed E-state index contributed by atoms with van der Waals surface area (Å²) >= 11 is 0. The molecule has 3 aromatic rings. The van der Waals surface area contributed by atoms with Crippen molar-refractivity contribution in [3.05, 3.63) is 59.5 Å². The number of rotatable bonds is 7. The summed E-state index contributed by atoms with van der Waals surface area (Å²) in [6, 6.07) is 13.3. The summed E-state index contributed by atoms with van der Waals surface area (Å²) in [7, 11) is 0. The van der Waals surface area contributed by atoms with E-state index in [0.717, 1.165) is 29.1 Å². The number of hydrogen-bond acceptors (Lipinski definition) is 6. The summed E-state index contributed by atoms with van der Waals surface area (Å²) < 4.78 is 5.36. The van der Waals surface area contributed by atoms with Crippen molar-refractivity contribution < 1.29 is 9.32 Å². The Balaban J connectivity index is 1.40. The van der Waals surface area contributed by atoms with E-state index in [1.54, 1.807) is 12.1 Å². The lowest BCUT2D eigenvalue weighted by Crippen LogP contribution is -2.26. The molecule has 0 aliphatic heterocycles. The van der Waals surface area contributed by atoms with Crippen LogP contribution in [0.3, 0.4) is 0 Å². The van der Waals surface area contributed by atoms with Crippen molar-refractivity contribution in [2.24, 2.45) is 5.92 Å². The van der Waals surface area contributed by atoms with Gasteiger partial charge in [-0.1, -0.05) is 35.5 Å². The first-order valence-corrected chi connectivity index (χ1v) is 9.07. The van der Waals surface area contributed by atoms with E-state index in [0.29, 0.717) is 24.0 Å². The molecule has 1 saturated carbocycles. The lowest BCUT2D eigenvalue weighted by atomic mass is 10.1. The van der Waals surface area contributed by atoms with Crippen molar-refractivity contribution in [2.75, 3.05) is 11.9 Å². The first kappa shape index (κ1) is 17.2. The average molecular weight is 363 g/mol. The molecule has 0 radical (unpaired) electrons. The van der Waals surface area contributed by atoms with Gasteiger partial charge in [-0.3, -0.25) is 4.79 Å². The Bertz CT molecular complexity index is 917. The maximum atomic E-state index is 12.0. The SMILES string of the molecule is Cc1onc(-c2ccccc2)c1CNc1ccc(C(=O)NCC2CC2)nn1. The molecular formula is C20H21N5O2. The Morgan fingerprint density at radius 3 is 2.67 bits per heavy atom. The van der Waals surface area contributed by atoms with Crippen LogP contribution in [0.2, 0.25) is 0 Å². The van der Waals surface area contributed by atoms with Crippen LogP contribution in [0.25, 0.3) is 11.3 Å². The van der Waals surface area contributed by atoms with Gasteiger partial charge >= 0.3 is 0 Å². The third kappa shape index (κ3) is 4.13. The Hall–Kier alpha value is -3.22. The quantitative estimate of drug-likeness (QED) is 0.670. The summed E-state index contributed by atoms with van der Waals surface area (Å²) in [5, 5.41) is 18.4. The van der Waals surface area contributed by atoms with Crippen LogP contribution in [-0.2, 0) is 6.54 Å². The number of amides is 1. The highest BCUT2D eigenvalue weighted by atomic mass is 16.5. The third-order valence-electron chi connectivity index (χ3n) is 4.62. The molecule has 4 rings (SSSR count). The molecule has 0 unspecified atom stereocenters. The highest BCUT2D eigenvalue weighted by molar-refractivity contribution is 5.92. The largest absolute Gasteiger partial charge is 0.364 e. The first-order chi connectivity index (χ1) is 13.2. The number of nitrogens with zero attached hydrogens (tertiary/aromatic N) is 3. The number of nitrogens with one attached hydrogen (secondary N) is 2. The highest BCUT2D eigenvalue weighted by Gasteiger charge is 2.22. The van der Waals surface area contributed by atoms with Gasteiger partial charge in [-0.05, 0) is 37.8 Å². The molecule has 27 heavy (non-hydrogen) atoms. The van der Waals surface area contributed by atoms with Crippen molar-refractivity contribution >= 4 is 11.7 Å². The maximum Gasteiger partial charge on any atom is 0.271 e. The molecule has 1 aliphatic carbocycles.